The normalized spacial score (nSPS) is 21.5. The summed E-state index contributed by atoms with van der Waals surface area (Å²) in [5.74, 6) is 0.344. The summed E-state index contributed by atoms with van der Waals surface area (Å²) in [6.45, 7) is 12.5. The summed E-state index contributed by atoms with van der Waals surface area (Å²) in [4.78, 5) is 26.1. The van der Waals surface area contributed by atoms with Gasteiger partial charge >= 0.3 is 0 Å². The number of likely N-dealkylation sites (tertiary alicyclic amines) is 1. The molecule has 2 atom stereocenters. The number of nitriles is 1. The zero-order chi connectivity index (χ0) is 27.7. The van der Waals surface area contributed by atoms with E-state index in [1.165, 1.54) is 6.08 Å². The van der Waals surface area contributed by atoms with Gasteiger partial charge in [0.2, 0.25) is 11.8 Å². The smallest absolute Gasteiger partial charge is 0.246 e. The van der Waals surface area contributed by atoms with Crippen LogP contribution in [-0.2, 0) is 17.8 Å². The number of carbonyl (C=O) groups excluding carboxylic acids is 1. The van der Waals surface area contributed by atoms with Crippen LogP contribution in [0.5, 0.6) is 5.88 Å². The molecule has 0 spiro atoms. The molecule has 206 valence electrons. The minimum absolute atomic E-state index is 0.0121. The lowest BCUT2D eigenvalue weighted by Gasteiger charge is -2.42. The number of rotatable bonds is 6. The lowest BCUT2D eigenvalue weighted by atomic mass is 9.97. The van der Waals surface area contributed by atoms with Gasteiger partial charge < -0.3 is 24.3 Å². The second-order valence-corrected chi connectivity index (χ2v) is 11.3. The number of aromatic nitrogens is 1. The van der Waals surface area contributed by atoms with Crippen LogP contribution in [0.2, 0.25) is 5.02 Å². The summed E-state index contributed by atoms with van der Waals surface area (Å²) in [6.07, 6.45) is 4.34. The van der Waals surface area contributed by atoms with Crippen molar-refractivity contribution in [3.63, 3.8) is 0 Å². The van der Waals surface area contributed by atoms with Gasteiger partial charge in [0.15, 0.2) is 0 Å². The number of benzene rings is 1. The molecule has 3 aliphatic heterocycles. The highest BCUT2D eigenvalue weighted by Gasteiger charge is 2.34. The number of hydrogen-bond acceptors (Lipinski definition) is 7. The summed E-state index contributed by atoms with van der Waals surface area (Å²) in [6, 6.07) is 8.72. The van der Waals surface area contributed by atoms with Crippen molar-refractivity contribution in [3.05, 3.63) is 58.3 Å². The van der Waals surface area contributed by atoms with Crippen molar-refractivity contribution in [2.24, 2.45) is 0 Å². The lowest BCUT2D eigenvalue weighted by molar-refractivity contribution is -0.128. The Kier molecular flexibility index (Phi) is 8.01. The highest BCUT2D eigenvalue weighted by atomic mass is 35.5. The van der Waals surface area contributed by atoms with E-state index in [2.05, 4.69) is 47.4 Å². The van der Waals surface area contributed by atoms with Crippen LogP contribution in [-0.4, -0.2) is 79.2 Å². The van der Waals surface area contributed by atoms with Crippen molar-refractivity contribution in [2.45, 2.75) is 51.7 Å². The van der Waals surface area contributed by atoms with E-state index < -0.39 is 0 Å². The largest absolute Gasteiger partial charge is 0.475 e. The van der Waals surface area contributed by atoms with Crippen molar-refractivity contribution in [1.29, 1.82) is 5.26 Å². The van der Waals surface area contributed by atoms with Crippen molar-refractivity contribution >= 4 is 28.9 Å². The summed E-state index contributed by atoms with van der Waals surface area (Å²) < 4.78 is 6.35. The van der Waals surface area contributed by atoms with E-state index in [1.54, 1.807) is 0 Å². The number of amides is 1. The summed E-state index contributed by atoms with van der Waals surface area (Å²) in [5, 5.41) is 11.1. The topological polar surface area (TPSA) is 75.9 Å². The van der Waals surface area contributed by atoms with Gasteiger partial charge in [-0.25, -0.2) is 4.98 Å². The number of fused-ring (bicyclic) bond motifs is 1. The molecule has 1 aromatic heterocycles. The van der Waals surface area contributed by atoms with Gasteiger partial charge in [-0.2, -0.15) is 5.26 Å². The Hall–Kier alpha value is -3.28. The van der Waals surface area contributed by atoms with Crippen LogP contribution in [0, 0.1) is 18.3 Å². The van der Waals surface area contributed by atoms with Crippen LogP contribution in [0.4, 0.5) is 11.4 Å². The van der Waals surface area contributed by atoms with Crippen molar-refractivity contribution in [2.75, 3.05) is 56.2 Å². The molecule has 3 aliphatic rings. The maximum Gasteiger partial charge on any atom is 0.246 e. The van der Waals surface area contributed by atoms with Crippen LogP contribution in [0.3, 0.4) is 0 Å². The minimum Gasteiger partial charge on any atom is -0.475 e. The second kappa shape index (κ2) is 11.4. The molecule has 0 radical (unpaired) electrons. The van der Waals surface area contributed by atoms with Gasteiger partial charge in [0, 0.05) is 43.8 Å². The van der Waals surface area contributed by atoms with E-state index in [-0.39, 0.29) is 11.9 Å². The number of pyridine rings is 1. The molecule has 0 saturated carbocycles. The number of aryl methyl sites for hydroxylation is 1. The lowest BCUT2D eigenvalue weighted by Crippen LogP contribution is -2.54. The summed E-state index contributed by atoms with van der Waals surface area (Å²) in [5.41, 5.74) is 5.56. The van der Waals surface area contributed by atoms with Gasteiger partial charge in [0.05, 0.1) is 28.6 Å². The zero-order valence-electron chi connectivity index (χ0n) is 23.1. The number of nitrogens with zero attached hydrogens (tertiary/aromatic N) is 6. The van der Waals surface area contributed by atoms with Crippen molar-refractivity contribution in [3.8, 4) is 11.9 Å². The molecule has 0 N–H and O–H groups in total. The van der Waals surface area contributed by atoms with Gasteiger partial charge in [0.25, 0.3) is 0 Å². The number of halogens is 1. The van der Waals surface area contributed by atoms with Crippen molar-refractivity contribution in [1.82, 2.24) is 14.8 Å². The average Bonchev–Trinajstić information content (AvgIpc) is 3.34. The molecule has 1 amide bonds. The fourth-order valence-electron chi connectivity index (χ4n) is 6.27. The fraction of sp³-hybridized carbons (Fsp3) is 0.500. The standard InChI is InChI=1S/C30H37ClN6O2/c1-5-27(38)37-15-14-36(17-21(37)3)29-23-11-13-35(28-20(2)8-6-10-25(28)31)18-26(23)33-30(24(29)16-32)39-19-22-9-7-12-34(22)4/h5-6,8,10,21-22H,1,7,9,11-15,17-19H2,2-4H3/t21-,22-/m0/s1. The second-order valence-electron chi connectivity index (χ2n) is 10.9. The molecule has 8 nitrogen and oxygen atoms in total. The molecule has 2 aromatic rings. The first kappa shape index (κ1) is 27.3. The van der Waals surface area contributed by atoms with Gasteiger partial charge in [-0.3, -0.25) is 4.79 Å². The van der Waals surface area contributed by atoms with E-state index in [1.807, 2.05) is 24.0 Å². The highest BCUT2D eigenvalue weighted by molar-refractivity contribution is 6.33. The number of ether oxygens (including phenoxy) is 1. The molecule has 4 heterocycles. The molecule has 1 aromatic carbocycles. The number of likely N-dealkylation sites (N-methyl/N-ethyl adjacent to an activating group) is 1. The van der Waals surface area contributed by atoms with Crippen LogP contribution in [0.1, 0.15) is 42.1 Å². The van der Waals surface area contributed by atoms with E-state index in [0.29, 0.717) is 50.3 Å². The van der Waals surface area contributed by atoms with Gasteiger partial charge in [0.1, 0.15) is 18.2 Å². The molecule has 9 heteroatoms. The highest BCUT2D eigenvalue weighted by Crippen LogP contribution is 2.40. The Labute approximate surface area is 236 Å². The quantitative estimate of drug-likeness (QED) is 0.501. The number of hydrogen-bond donors (Lipinski definition) is 0. The van der Waals surface area contributed by atoms with Gasteiger partial charge in [-0.05, 0) is 64.4 Å². The third-order valence-corrected chi connectivity index (χ3v) is 8.70. The third kappa shape index (κ3) is 5.30. The van der Waals surface area contributed by atoms with E-state index >= 15 is 0 Å². The Balaban J connectivity index is 1.53. The van der Waals surface area contributed by atoms with E-state index in [4.69, 9.17) is 21.3 Å². The molecule has 0 aliphatic carbocycles. The maximum atomic E-state index is 12.4. The number of anilines is 2. The Morgan fingerprint density at radius 3 is 2.74 bits per heavy atom. The maximum absolute atomic E-state index is 12.4. The van der Waals surface area contributed by atoms with E-state index in [9.17, 15) is 10.1 Å². The summed E-state index contributed by atoms with van der Waals surface area (Å²) >= 11 is 6.64. The molecule has 5 rings (SSSR count). The average molecular weight is 549 g/mol. The first-order valence-corrected chi connectivity index (χ1v) is 14.2. The molecule has 39 heavy (non-hydrogen) atoms. The fourth-order valence-corrected chi connectivity index (χ4v) is 6.62. The minimum atomic E-state index is -0.0603. The van der Waals surface area contributed by atoms with Crippen LogP contribution >= 0.6 is 11.6 Å². The Morgan fingerprint density at radius 1 is 1.26 bits per heavy atom. The van der Waals surface area contributed by atoms with Crippen LogP contribution < -0.4 is 14.5 Å². The number of para-hydroxylation sites is 1. The predicted octanol–water partition coefficient (Wildman–Crippen LogP) is 4.17. The van der Waals surface area contributed by atoms with E-state index in [0.717, 1.165) is 65.6 Å². The molecular formula is C30H37ClN6O2. The molecule has 0 bridgehead atoms. The summed E-state index contributed by atoms with van der Waals surface area (Å²) in [7, 11) is 2.12. The molecule has 2 saturated heterocycles. The molecular weight excluding hydrogens is 512 g/mol. The number of piperazine rings is 1. The zero-order valence-corrected chi connectivity index (χ0v) is 23.9. The predicted molar refractivity (Wildman–Crippen MR) is 155 cm³/mol. The Morgan fingerprint density at radius 2 is 2.08 bits per heavy atom. The molecule has 0 unspecified atom stereocenters. The molecule has 2 fully saturated rings. The number of carbonyl (C=O) groups is 1. The van der Waals surface area contributed by atoms with Gasteiger partial charge in [-0.1, -0.05) is 30.3 Å². The SMILES string of the molecule is C=CC(=O)N1CCN(c2c(C#N)c(OC[C@@H]3CCCN3C)nc3c2CCN(c2c(C)cccc2Cl)C3)C[C@@H]1C. The Bertz CT molecular complexity index is 1290. The third-order valence-electron chi connectivity index (χ3n) is 8.40. The van der Waals surface area contributed by atoms with Crippen LogP contribution in [0.15, 0.2) is 30.9 Å². The van der Waals surface area contributed by atoms with Gasteiger partial charge in [-0.15, -0.1) is 0 Å². The first-order valence-electron chi connectivity index (χ1n) is 13.8. The first-order chi connectivity index (χ1) is 18.8. The van der Waals surface area contributed by atoms with Crippen LogP contribution in [0.25, 0.3) is 0 Å². The monoisotopic (exact) mass is 548 g/mol. The van der Waals surface area contributed by atoms with Crippen molar-refractivity contribution < 1.29 is 9.53 Å².